The normalized spacial score (nSPS) is 16.4. The number of ether oxygens (including phenoxy) is 1. The summed E-state index contributed by atoms with van der Waals surface area (Å²) in [6.45, 7) is 11.1. The molecule has 168 valence electrons. The Bertz CT molecular complexity index is 1120. The summed E-state index contributed by atoms with van der Waals surface area (Å²) in [7, 11) is 0. The van der Waals surface area contributed by atoms with Gasteiger partial charge in [-0.25, -0.2) is 4.98 Å². The Morgan fingerprint density at radius 1 is 1.16 bits per heavy atom. The highest BCUT2D eigenvalue weighted by Crippen LogP contribution is 2.28. The van der Waals surface area contributed by atoms with E-state index in [1.807, 2.05) is 58.0 Å². The Kier molecular flexibility index (Phi) is 6.23. The number of hydrogen-bond donors (Lipinski definition) is 1. The minimum absolute atomic E-state index is 0.0734. The lowest BCUT2D eigenvalue weighted by molar-refractivity contribution is -0.0248. The minimum Gasteiger partial charge on any atom is -0.368 e. The van der Waals surface area contributed by atoms with Crippen LogP contribution in [0.2, 0.25) is 0 Å². The molecule has 0 spiro atoms. The van der Waals surface area contributed by atoms with Crippen LogP contribution in [0.4, 0.5) is 11.5 Å². The number of nitrogens with zero attached hydrogens (tertiary/aromatic N) is 4. The van der Waals surface area contributed by atoms with Gasteiger partial charge in [-0.05, 0) is 51.0 Å². The molecule has 4 rings (SSSR count). The van der Waals surface area contributed by atoms with Crippen molar-refractivity contribution in [2.75, 3.05) is 25.0 Å². The van der Waals surface area contributed by atoms with Crippen molar-refractivity contribution < 1.29 is 14.1 Å². The maximum atomic E-state index is 13.3. The molecule has 1 fully saturated rings. The van der Waals surface area contributed by atoms with E-state index in [-0.39, 0.29) is 17.9 Å². The Balaban J connectivity index is 1.55. The molecule has 32 heavy (non-hydrogen) atoms. The molecule has 1 aliphatic rings. The number of carbonyl (C=O) groups is 1. The van der Waals surface area contributed by atoms with Crippen LogP contribution < -0.4 is 5.32 Å². The molecule has 1 N–H and O–H groups in total. The van der Waals surface area contributed by atoms with E-state index in [2.05, 4.69) is 20.4 Å². The fourth-order valence-corrected chi connectivity index (χ4v) is 3.91. The van der Waals surface area contributed by atoms with Crippen molar-refractivity contribution in [1.29, 1.82) is 0 Å². The highest BCUT2D eigenvalue weighted by molar-refractivity contribution is 5.96. The van der Waals surface area contributed by atoms with Crippen LogP contribution in [0.5, 0.6) is 0 Å². The number of aryl methyl sites for hydroxylation is 3. The van der Waals surface area contributed by atoms with Crippen molar-refractivity contribution in [2.24, 2.45) is 0 Å². The number of hydrogen-bond acceptors (Lipinski definition) is 7. The molecule has 8 heteroatoms. The second-order valence-electron chi connectivity index (χ2n) is 8.48. The molecule has 0 saturated carbocycles. The zero-order valence-corrected chi connectivity index (χ0v) is 19.2. The zero-order chi connectivity index (χ0) is 22.8. The summed E-state index contributed by atoms with van der Waals surface area (Å²) >= 11 is 0. The number of anilines is 2. The quantitative estimate of drug-likeness (QED) is 0.632. The molecule has 4 heterocycles. The van der Waals surface area contributed by atoms with Gasteiger partial charge in [0.2, 0.25) is 0 Å². The van der Waals surface area contributed by atoms with E-state index < -0.39 is 0 Å². The number of pyridine rings is 2. The third kappa shape index (κ3) is 4.65. The smallest absolute Gasteiger partial charge is 0.259 e. The molecular weight excluding hydrogens is 406 g/mol. The second kappa shape index (κ2) is 9.08. The molecule has 1 saturated heterocycles. The summed E-state index contributed by atoms with van der Waals surface area (Å²) in [6.07, 6.45) is -0.318. The Morgan fingerprint density at radius 2 is 1.97 bits per heavy atom. The van der Waals surface area contributed by atoms with Crippen LogP contribution in [-0.4, -0.2) is 45.6 Å². The van der Waals surface area contributed by atoms with Gasteiger partial charge >= 0.3 is 0 Å². The summed E-state index contributed by atoms with van der Waals surface area (Å²) in [6, 6.07) is 9.77. The zero-order valence-electron chi connectivity index (χ0n) is 19.2. The summed E-state index contributed by atoms with van der Waals surface area (Å²) in [5.41, 5.74) is 4.72. The Morgan fingerprint density at radius 3 is 2.72 bits per heavy atom. The minimum atomic E-state index is -0.318. The van der Waals surface area contributed by atoms with Gasteiger partial charge in [0.15, 0.2) is 0 Å². The number of amides is 1. The molecular formula is C24H29N5O3. The van der Waals surface area contributed by atoms with Gasteiger partial charge in [0, 0.05) is 23.6 Å². The van der Waals surface area contributed by atoms with Gasteiger partial charge < -0.3 is 19.5 Å². The van der Waals surface area contributed by atoms with Gasteiger partial charge in [-0.3, -0.25) is 9.78 Å². The van der Waals surface area contributed by atoms with Crippen LogP contribution in [0, 0.1) is 20.8 Å². The fourth-order valence-electron chi connectivity index (χ4n) is 3.91. The van der Waals surface area contributed by atoms with E-state index in [9.17, 15) is 4.79 Å². The highest BCUT2D eigenvalue weighted by atomic mass is 16.5. The van der Waals surface area contributed by atoms with Crippen LogP contribution >= 0.6 is 0 Å². The largest absolute Gasteiger partial charge is 0.368 e. The number of rotatable bonds is 5. The first-order valence-electron chi connectivity index (χ1n) is 10.9. The lowest BCUT2D eigenvalue weighted by Crippen LogP contribution is -2.43. The maximum absolute atomic E-state index is 13.3. The van der Waals surface area contributed by atoms with Crippen molar-refractivity contribution in [3.63, 3.8) is 0 Å². The topological polar surface area (TPSA) is 93.4 Å². The maximum Gasteiger partial charge on any atom is 0.259 e. The van der Waals surface area contributed by atoms with Crippen LogP contribution in [-0.2, 0) is 4.74 Å². The van der Waals surface area contributed by atoms with Crippen molar-refractivity contribution in [1.82, 2.24) is 20.0 Å². The van der Waals surface area contributed by atoms with Crippen molar-refractivity contribution in [3.05, 3.63) is 64.4 Å². The monoisotopic (exact) mass is 435 g/mol. The molecule has 0 aliphatic carbocycles. The van der Waals surface area contributed by atoms with Gasteiger partial charge in [-0.2, -0.15) is 0 Å². The van der Waals surface area contributed by atoms with Crippen LogP contribution in [0.1, 0.15) is 64.8 Å². The first kappa shape index (κ1) is 22.0. The molecule has 8 nitrogen and oxygen atoms in total. The summed E-state index contributed by atoms with van der Waals surface area (Å²) < 4.78 is 11.3. The predicted molar refractivity (Wildman–Crippen MR) is 121 cm³/mol. The second-order valence-corrected chi connectivity index (χ2v) is 8.48. The average molecular weight is 436 g/mol. The Hall–Kier alpha value is -3.26. The van der Waals surface area contributed by atoms with Crippen molar-refractivity contribution in [3.8, 4) is 0 Å². The van der Waals surface area contributed by atoms with Crippen molar-refractivity contribution in [2.45, 2.75) is 46.6 Å². The Labute approximate surface area is 188 Å². The van der Waals surface area contributed by atoms with Gasteiger partial charge in [0.1, 0.15) is 23.2 Å². The molecule has 3 aromatic heterocycles. The van der Waals surface area contributed by atoms with Gasteiger partial charge in [-0.1, -0.05) is 25.1 Å². The standard InChI is InChI=1S/C24H29N5O3/c1-14(2)23-22(17(5)32-28-23)24(30)29-9-10-31-20(13-29)19-12-18(11-16(4)25-19)27-21-8-6-7-15(3)26-21/h6-8,11-12,14,20H,9-10,13H2,1-5H3,(H,25,26,27). The number of morpholine rings is 1. The summed E-state index contributed by atoms with van der Waals surface area (Å²) in [5, 5.41) is 7.44. The van der Waals surface area contributed by atoms with Crippen LogP contribution in [0.25, 0.3) is 0 Å². The number of carbonyl (C=O) groups excluding carboxylic acids is 1. The van der Waals surface area contributed by atoms with Gasteiger partial charge in [0.05, 0.1) is 24.5 Å². The molecule has 0 radical (unpaired) electrons. The number of nitrogens with one attached hydrogen (secondary N) is 1. The molecule has 3 aromatic rings. The van der Waals surface area contributed by atoms with E-state index in [1.165, 1.54) is 0 Å². The lowest BCUT2D eigenvalue weighted by atomic mass is 10.0. The van der Waals surface area contributed by atoms with E-state index in [0.29, 0.717) is 36.7 Å². The SMILES string of the molecule is Cc1cccc(Nc2cc(C)nc(C3CN(C(=O)c4c(C(C)C)noc4C)CCO3)c2)n1. The van der Waals surface area contributed by atoms with E-state index >= 15 is 0 Å². The number of aromatic nitrogens is 3. The molecule has 1 atom stereocenters. The molecule has 0 bridgehead atoms. The van der Waals surface area contributed by atoms with E-state index in [1.54, 1.807) is 11.8 Å². The van der Waals surface area contributed by atoms with Crippen LogP contribution in [0.3, 0.4) is 0 Å². The van der Waals surface area contributed by atoms with Crippen molar-refractivity contribution >= 4 is 17.4 Å². The third-order valence-electron chi connectivity index (χ3n) is 5.47. The van der Waals surface area contributed by atoms with Gasteiger partial charge in [0.25, 0.3) is 5.91 Å². The van der Waals surface area contributed by atoms with Crippen LogP contribution in [0.15, 0.2) is 34.9 Å². The van der Waals surface area contributed by atoms with Gasteiger partial charge in [-0.15, -0.1) is 0 Å². The first-order valence-corrected chi connectivity index (χ1v) is 10.9. The summed E-state index contributed by atoms with van der Waals surface area (Å²) in [4.78, 5) is 24.3. The van der Waals surface area contributed by atoms with E-state index in [0.717, 1.165) is 28.6 Å². The third-order valence-corrected chi connectivity index (χ3v) is 5.47. The predicted octanol–water partition coefficient (Wildman–Crippen LogP) is 4.47. The highest BCUT2D eigenvalue weighted by Gasteiger charge is 2.31. The first-order chi connectivity index (χ1) is 15.3. The molecule has 0 aromatic carbocycles. The van der Waals surface area contributed by atoms with E-state index in [4.69, 9.17) is 9.26 Å². The summed E-state index contributed by atoms with van der Waals surface area (Å²) in [5.74, 6) is 1.35. The molecule has 1 amide bonds. The average Bonchev–Trinajstić information content (AvgIpc) is 3.14. The molecule has 1 aliphatic heterocycles. The fraction of sp³-hybridized carbons (Fsp3) is 0.417. The lowest BCUT2D eigenvalue weighted by Gasteiger charge is -2.33. The molecule has 1 unspecified atom stereocenters.